The van der Waals surface area contributed by atoms with Gasteiger partial charge >= 0.3 is 5.97 Å². The number of aromatic nitrogens is 2. The van der Waals surface area contributed by atoms with Gasteiger partial charge in [-0.15, -0.1) is 0 Å². The molecule has 2 aromatic rings. The summed E-state index contributed by atoms with van der Waals surface area (Å²) in [4.78, 5) is 26.0. The van der Waals surface area contributed by atoms with E-state index in [1.165, 1.54) is 17.7 Å². The van der Waals surface area contributed by atoms with Gasteiger partial charge in [-0.05, 0) is 48.4 Å². The van der Waals surface area contributed by atoms with Gasteiger partial charge in [0.1, 0.15) is 5.82 Å². The van der Waals surface area contributed by atoms with Crippen LogP contribution in [0, 0.1) is 24.1 Å². The van der Waals surface area contributed by atoms with Gasteiger partial charge in [-0.2, -0.15) is 5.10 Å². The molecular formula is C23H29FN4O3. The van der Waals surface area contributed by atoms with Gasteiger partial charge in [0, 0.05) is 12.6 Å². The molecule has 2 unspecified atom stereocenters. The monoisotopic (exact) mass is 428 g/mol. The number of benzene rings is 1. The first kappa shape index (κ1) is 21.5. The quantitative estimate of drug-likeness (QED) is 0.738. The van der Waals surface area contributed by atoms with Crippen LogP contribution in [0.3, 0.4) is 0 Å². The molecule has 2 aliphatic rings. The van der Waals surface area contributed by atoms with Crippen LogP contribution < -0.4 is 5.32 Å². The molecule has 2 heterocycles. The predicted molar refractivity (Wildman–Crippen MR) is 113 cm³/mol. The van der Waals surface area contributed by atoms with Gasteiger partial charge in [-0.1, -0.05) is 26.0 Å². The lowest BCUT2D eigenvalue weighted by Gasteiger charge is -2.50. The van der Waals surface area contributed by atoms with Gasteiger partial charge in [0.25, 0.3) is 0 Å². The highest BCUT2D eigenvalue weighted by molar-refractivity contribution is 5.79. The number of hydrogen-bond donors (Lipinski definition) is 2. The minimum absolute atomic E-state index is 0.00686. The van der Waals surface area contributed by atoms with E-state index in [1.807, 2.05) is 30.4 Å². The fourth-order valence-electron chi connectivity index (χ4n) is 4.79. The maximum absolute atomic E-state index is 13.2. The Morgan fingerprint density at radius 2 is 2.00 bits per heavy atom. The van der Waals surface area contributed by atoms with Crippen molar-refractivity contribution >= 4 is 11.9 Å². The van der Waals surface area contributed by atoms with Crippen molar-refractivity contribution in [2.75, 3.05) is 13.1 Å². The molecule has 4 rings (SSSR count). The number of carboxylic acid groups (broad SMARTS) is 1. The second kappa shape index (κ2) is 8.07. The minimum atomic E-state index is -0.775. The van der Waals surface area contributed by atoms with Crippen molar-refractivity contribution in [3.8, 4) is 0 Å². The average molecular weight is 429 g/mol. The second-order valence-corrected chi connectivity index (χ2v) is 9.24. The highest BCUT2D eigenvalue weighted by atomic mass is 19.1. The molecule has 2 N–H and O–H groups in total. The van der Waals surface area contributed by atoms with Crippen molar-refractivity contribution in [1.82, 2.24) is 20.0 Å². The Kier molecular flexibility index (Phi) is 5.60. The highest BCUT2D eigenvalue weighted by Crippen LogP contribution is 2.46. The van der Waals surface area contributed by atoms with E-state index in [1.54, 1.807) is 12.1 Å². The van der Waals surface area contributed by atoms with E-state index in [9.17, 15) is 19.1 Å². The van der Waals surface area contributed by atoms with Crippen molar-refractivity contribution in [2.24, 2.45) is 11.3 Å². The van der Waals surface area contributed by atoms with Crippen molar-refractivity contribution in [3.05, 3.63) is 52.6 Å². The summed E-state index contributed by atoms with van der Waals surface area (Å²) in [5, 5.41) is 17.2. The molecule has 1 fully saturated rings. The lowest BCUT2D eigenvalue weighted by molar-refractivity contribution is -0.155. The summed E-state index contributed by atoms with van der Waals surface area (Å²) in [6, 6.07) is 6.40. The van der Waals surface area contributed by atoms with Gasteiger partial charge in [-0.3, -0.25) is 14.3 Å². The third kappa shape index (κ3) is 4.08. The number of carboxylic acids is 1. The number of hydrogen-bond acceptors (Lipinski definition) is 4. The predicted octanol–water partition coefficient (Wildman–Crippen LogP) is 2.35. The molecule has 2 atom stereocenters. The van der Waals surface area contributed by atoms with E-state index in [0.717, 1.165) is 23.4 Å². The molecule has 31 heavy (non-hydrogen) atoms. The number of aryl methyl sites for hydroxylation is 1. The summed E-state index contributed by atoms with van der Waals surface area (Å²) in [7, 11) is 0. The number of carbonyl (C=O) groups excluding carboxylic acids is 1. The normalized spacial score (nSPS) is 22.0. The van der Waals surface area contributed by atoms with E-state index in [0.29, 0.717) is 26.1 Å². The number of nitrogens with one attached hydrogen (secondary N) is 1. The molecule has 1 aromatic heterocycles. The Hall–Kier alpha value is -2.74. The first-order chi connectivity index (χ1) is 14.7. The van der Waals surface area contributed by atoms with Crippen LogP contribution in [0.5, 0.6) is 0 Å². The van der Waals surface area contributed by atoms with E-state index in [2.05, 4.69) is 10.4 Å². The molecule has 0 saturated heterocycles. The Bertz CT molecular complexity index is 999. The molecule has 1 aromatic carbocycles. The summed E-state index contributed by atoms with van der Waals surface area (Å²) in [5.41, 5.74) is 3.77. The van der Waals surface area contributed by atoms with E-state index in [4.69, 9.17) is 0 Å². The molecule has 8 heteroatoms. The van der Waals surface area contributed by atoms with E-state index in [-0.39, 0.29) is 35.6 Å². The van der Waals surface area contributed by atoms with Gasteiger partial charge in [0.05, 0.1) is 36.9 Å². The third-order valence-corrected chi connectivity index (χ3v) is 7.00. The van der Waals surface area contributed by atoms with Crippen LogP contribution >= 0.6 is 0 Å². The van der Waals surface area contributed by atoms with Crippen molar-refractivity contribution < 1.29 is 19.1 Å². The number of halogens is 1. The van der Waals surface area contributed by atoms with Gasteiger partial charge in [0.2, 0.25) is 5.91 Å². The fraction of sp³-hybridized carbons (Fsp3) is 0.522. The number of nitrogens with zero attached hydrogens (tertiary/aromatic N) is 3. The number of carbonyl (C=O) groups is 2. The Morgan fingerprint density at radius 1 is 1.29 bits per heavy atom. The molecule has 0 spiro atoms. The maximum Gasteiger partial charge on any atom is 0.307 e. The van der Waals surface area contributed by atoms with Crippen LogP contribution in [0.15, 0.2) is 24.3 Å². The van der Waals surface area contributed by atoms with Crippen molar-refractivity contribution in [1.29, 1.82) is 0 Å². The third-order valence-electron chi connectivity index (χ3n) is 7.00. The molecule has 1 amide bonds. The van der Waals surface area contributed by atoms with Crippen molar-refractivity contribution in [2.45, 2.75) is 52.7 Å². The van der Waals surface area contributed by atoms with Gasteiger partial charge < -0.3 is 15.3 Å². The summed E-state index contributed by atoms with van der Waals surface area (Å²) in [5.74, 6) is -1.41. The molecule has 1 aliphatic carbocycles. The van der Waals surface area contributed by atoms with E-state index < -0.39 is 5.97 Å². The summed E-state index contributed by atoms with van der Waals surface area (Å²) in [6.45, 7) is 7.70. The summed E-state index contributed by atoms with van der Waals surface area (Å²) in [6.07, 6.45) is 1.30. The zero-order chi connectivity index (χ0) is 22.3. The summed E-state index contributed by atoms with van der Waals surface area (Å²) < 4.78 is 15.1. The van der Waals surface area contributed by atoms with Crippen LogP contribution in [0.2, 0.25) is 0 Å². The van der Waals surface area contributed by atoms with Crippen LogP contribution in [0.4, 0.5) is 4.39 Å². The van der Waals surface area contributed by atoms with Gasteiger partial charge in [0.15, 0.2) is 0 Å². The smallest absolute Gasteiger partial charge is 0.307 e. The number of amides is 1. The molecule has 0 bridgehead atoms. The maximum atomic E-state index is 13.2. The molecule has 7 nitrogen and oxygen atoms in total. The van der Waals surface area contributed by atoms with Crippen LogP contribution in [0.1, 0.15) is 42.8 Å². The number of fused-ring (bicyclic) bond motifs is 1. The summed E-state index contributed by atoms with van der Waals surface area (Å²) >= 11 is 0. The first-order valence-corrected chi connectivity index (χ1v) is 10.7. The first-order valence-electron chi connectivity index (χ1n) is 10.7. The van der Waals surface area contributed by atoms with Crippen molar-refractivity contribution in [3.63, 3.8) is 0 Å². The number of aliphatic carboxylic acids is 1. The van der Waals surface area contributed by atoms with Crippen LogP contribution in [0.25, 0.3) is 0 Å². The minimum Gasteiger partial charge on any atom is -0.481 e. The van der Waals surface area contributed by atoms with Crippen LogP contribution in [-0.2, 0) is 29.1 Å². The molecule has 1 saturated carbocycles. The fourth-order valence-corrected chi connectivity index (χ4v) is 4.79. The average Bonchev–Trinajstić information content (AvgIpc) is 3.03. The second-order valence-electron chi connectivity index (χ2n) is 9.24. The zero-order valence-electron chi connectivity index (χ0n) is 18.2. The molecule has 166 valence electrons. The molecule has 1 aliphatic heterocycles. The topological polar surface area (TPSA) is 87.5 Å². The Labute approximate surface area is 181 Å². The molecular weight excluding hydrogens is 399 g/mol. The van der Waals surface area contributed by atoms with E-state index >= 15 is 0 Å². The zero-order valence-corrected chi connectivity index (χ0v) is 18.2. The highest BCUT2D eigenvalue weighted by Gasteiger charge is 2.51. The van der Waals surface area contributed by atoms with Crippen LogP contribution in [-0.4, -0.2) is 50.8 Å². The Balaban J connectivity index is 1.39. The lowest BCUT2D eigenvalue weighted by atomic mass is 9.58. The SMILES string of the molecule is Cc1nn(Cc2ccc(F)cc2)c2c1CCN(C(=O)CNC1CC(C(=O)O)C1(C)C)C2. The number of rotatable bonds is 6. The standard InChI is InChI=1S/C23H29FN4O3/c1-14-17-8-9-27(21(29)11-25-20-10-18(22(30)31)23(20,2)3)13-19(17)28(26-14)12-15-4-6-16(24)7-5-15/h4-7,18,20,25H,8-13H2,1-3H3,(H,30,31). The molecule has 0 radical (unpaired) electrons. The Morgan fingerprint density at radius 3 is 2.65 bits per heavy atom. The van der Waals surface area contributed by atoms with Gasteiger partial charge in [-0.25, -0.2) is 4.39 Å². The largest absolute Gasteiger partial charge is 0.481 e. The lowest BCUT2D eigenvalue weighted by Crippen LogP contribution is -2.60.